The molecule has 4 heteroatoms. The Balaban J connectivity index is 2.52. The summed E-state index contributed by atoms with van der Waals surface area (Å²) < 4.78 is 5.51. The summed E-state index contributed by atoms with van der Waals surface area (Å²) in [5, 5.41) is 0.480. The minimum atomic E-state index is -0.183. The van der Waals surface area contributed by atoms with Gasteiger partial charge in [-0.1, -0.05) is 23.2 Å². The predicted octanol–water partition coefficient (Wildman–Crippen LogP) is 3.86. The number of rotatable bonds is 4. The Morgan fingerprint density at radius 2 is 1.95 bits per heavy atom. The highest BCUT2D eigenvalue weighted by Gasteiger charge is 2.17. The van der Waals surface area contributed by atoms with E-state index >= 15 is 0 Å². The van der Waals surface area contributed by atoms with Gasteiger partial charge >= 0.3 is 0 Å². The summed E-state index contributed by atoms with van der Waals surface area (Å²) in [5.41, 5.74) is 8.15. The van der Waals surface area contributed by atoms with Gasteiger partial charge in [0.15, 0.2) is 5.78 Å². The third-order valence-corrected chi connectivity index (χ3v) is 3.17. The molecule has 0 aliphatic rings. The summed E-state index contributed by atoms with van der Waals surface area (Å²) in [7, 11) is 0. The van der Waals surface area contributed by atoms with E-state index in [0.717, 1.165) is 5.56 Å². The van der Waals surface area contributed by atoms with Crippen molar-refractivity contribution >= 4 is 23.1 Å². The van der Waals surface area contributed by atoms with Crippen LogP contribution in [0, 0.1) is 6.92 Å². The monoisotopic (exact) mass is 289 g/mol. The molecule has 0 radical (unpaired) electrons. The fraction of sp³-hybridized carbons (Fsp3) is 0.188. The number of carbonyl (C=O) groups is 1. The molecule has 2 N–H and O–H groups in total. The lowest BCUT2D eigenvalue weighted by Crippen LogP contribution is -2.08. The highest BCUT2D eigenvalue weighted by molar-refractivity contribution is 6.31. The summed E-state index contributed by atoms with van der Waals surface area (Å²) in [6, 6.07) is 10.4. The molecular formula is C16H16ClNO2. The molecule has 0 aliphatic carbocycles. The van der Waals surface area contributed by atoms with Gasteiger partial charge < -0.3 is 10.5 Å². The van der Waals surface area contributed by atoms with Crippen LogP contribution in [-0.2, 0) is 0 Å². The standard InChI is InChI=1S/C16H16ClNO2/c1-3-20-15-7-4-10(2)8-13(15)16(19)12-9-11(17)5-6-14(12)18/h4-9H,3,18H2,1-2H3. The Labute approximate surface area is 123 Å². The lowest BCUT2D eigenvalue weighted by Gasteiger charge is -2.11. The number of hydrogen-bond donors (Lipinski definition) is 1. The zero-order valence-electron chi connectivity index (χ0n) is 11.4. The van der Waals surface area contributed by atoms with Gasteiger partial charge in [0.1, 0.15) is 5.75 Å². The first-order chi connectivity index (χ1) is 9.52. The molecular weight excluding hydrogens is 274 g/mol. The van der Waals surface area contributed by atoms with E-state index in [1.807, 2.05) is 19.9 Å². The van der Waals surface area contributed by atoms with Crippen LogP contribution in [0.15, 0.2) is 36.4 Å². The van der Waals surface area contributed by atoms with Gasteiger partial charge in [0.25, 0.3) is 0 Å². The third-order valence-electron chi connectivity index (χ3n) is 2.94. The maximum Gasteiger partial charge on any atom is 0.198 e. The molecule has 0 aromatic heterocycles. The van der Waals surface area contributed by atoms with E-state index in [9.17, 15) is 4.79 Å². The molecule has 104 valence electrons. The van der Waals surface area contributed by atoms with Crippen LogP contribution in [0.5, 0.6) is 5.75 Å². The minimum Gasteiger partial charge on any atom is -0.493 e. The number of halogens is 1. The average molecular weight is 290 g/mol. The number of aryl methyl sites for hydroxylation is 1. The van der Waals surface area contributed by atoms with Gasteiger partial charge in [-0.15, -0.1) is 0 Å². The Morgan fingerprint density at radius 3 is 2.65 bits per heavy atom. The first-order valence-electron chi connectivity index (χ1n) is 6.36. The lowest BCUT2D eigenvalue weighted by molar-refractivity contribution is 0.103. The van der Waals surface area contributed by atoms with Gasteiger partial charge in [-0.05, 0) is 44.2 Å². The first-order valence-corrected chi connectivity index (χ1v) is 6.74. The van der Waals surface area contributed by atoms with Gasteiger partial charge in [0.2, 0.25) is 0 Å². The molecule has 0 saturated heterocycles. The van der Waals surface area contributed by atoms with Crippen LogP contribution >= 0.6 is 11.6 Å². The van der Waals surface area contributed by atoms with Gasteiger partial charge in [0.05, 0.1) is 12.2 Å². The Hall–Kier alpha value is -2.00. The number of ether oxygens (including phenoxy) is 1. The summed E-state index contributed by atoms with van der Waals surface area (Å²) >= 11 is 5.94. The van der Waals surface area contributed by atoms with Gasteiger partial charge in [-0.3, -0.25) is 4.79 Å². The molecule has 2 rings (SSSR count). The Kier molecular flexibility index (Phi) is 4.30. The molecule has 0 fully saturated rings. The second-order valence-electron chi connectivity index (χ2n) is 4.49. The molecule has 3 nitrogen and oxygen atoms in total. The molecule has 0 spiro atoms. The van der Waals surface area contributed by atoms with Crippen molar-refractivity contribution in [3.05, 3.63) is 58.1 Å². The van der Waals surface area contributed by atoms with E-state index in [-0.39, 0.29) is 5.78 Å². The average Bonchev–Trinajstić information content (AvgIpc) is 2.43. The van der Waals surface area contributed by atoms with Crippen molar-refractivity contribution < 1.29 is 9.53 Å². The number of carbonyl (C=O) groups excluding carboxylic acids is 1. The number of hydrogen-bond acceptors (Lipinski definition) is 3. The van der Waals surface area contributed by atoms with E-state index < -0.39 is 0 Å². The Bertz CT molecular complexity index is 653. The number of benzene rings is 2. The zero-order valence-corrected chi connectivity index (χ0v) is 12.2. The van der Waals surface area contributed by atoms with Crippen molar-refractivity contribution in [2.45, 2.75) is 13.8 Å². The van der Waals surface area contributed by atoms with Crippen LogP contribution in [0.25, 0.3) is 0 Å². The molecule has 2 aromatic carbocycles. The predicted molar refractivity (Wildman–Crippen MR) is 81.6 cm³/mol. The van der Waals surface area contributed by atoms with Gasteiger partial charge in [0, 0.05) is 16.3 Å². The van der Waals surface area contributed by atoms with E-state index in [2.05, 4.69) is 0 Å². The van der Waals surface area contributed by atoms with Crippen LogP contribution in [0.4, 0.5) is 5.69 Å². The van der Waals surface area contributed by atoms with Crippen LogP contribution < -0.4 is 10.5 Å². The van der Waals surface area contributed by atoms with Gasteiger partial charge in [-0.2, -0.15) is 0 Å². The zero-order chi connectivity index (χ0) is 14.7. The molecule has 0 bridgehead atoms. The summed E-state index contributed by atoms with van der Waals surface area (Å²) in [5.74, 6) is 0.375. The van der Waals surface area contributed by atoms with Crippen molar-refractivity contribution in [2.24, 2.45) is 0 Å². The highest BCUT2D eigenvalue weighted by atomic mass is 35.5. The number of ketones is 1. The molecule has 0 atom stereocenters. The number of nitrogen functional groups attached to an aromatic ring is 1. The van der Waals surface area contributed by atoms with E-state index in [1.54, 1.807) is 30.3 Å². The highest BCUT2D eigenvalue weighted by Crippen LogP contribution is 2.27. The molecule has 20 heavy (non-hydrogen) atoms. The molecule has 0 unspecified atom stereocenters. The largest absolute Gasteiger partial charge is 0.493 e. The first kappa shape index (κ1) is 14.4. The van der Waals surface area contributed by atoms with E-state index in [4.69, 9.17) is 22.1 Å². The maximum atomic E-state index is 12.6. The van der Waals surface area contributed by atoms with Crippen molar-refractivity contribution in [2.75, 3.05) is 12.3 Å². The van der Waals surface area contributed by atoms with Crippen molar-refractivity contribution in [3.8, 4) is 5.75 Å². The molecule has 0 saturated carbocycles. The normalized spacial score (nSPS) is 10.3. The molecule has 0 heterocycles. The van der Waals surface area contributed by atoms with Gasteiger partial charge in [-0.25, -0.2) is 0 Å². The van der Waals surface area contributed by atoms with Crippen LogP contribution in [0.2, 0.25) is 5.02 Å². The molecule has 2 aromatic rings. The van der Waals surface area contributed by atoms with Crippen molar-refractivity contribution in [1.29, 1.82) is 0 Å². The smallest absolute Gasteiger partial charge is 0.198 e. The quantitative estimate of drug-likeness (QED) is 0.687. The minimum absolute atomic E-state index is 0.183. The fourth-order valence-electron chi connectivity index (χ4n) is 1.97. The second kappa shape index (κ2) is 5.97. The topological polar surface area (TPSA) is 52.3 Å². The van der Waals surface area contributed by atoms with E-state index in [1.165, 1.54) is 0 Å². The summed E-state index contributed by atoms with van der Waals surface area (Å²) in [6.45, 7) is 4.30. The lowest BCUT2D eigenvalue weighted by atomic mass is 9.99. The van der Waals surface area contributed by atoms with Crippen LogP contribution in [0.1, 0.15) is 28.4 Å². The van der Waals surface area contributed by atoms with E-state index in [0.29, 0.717) is 34.2 Å². The molecule has 0 amide bonds. The Morgan fingerprint density at radius 1 is 1.20 bits per heavy atom. The van der Waals surface area contributed by atoms with Crippen LogP contribution in [-0.4, -0.2) is 12.4 Å². The fourth-order valence-corrected chi connectivity index (χ4v) is 2.14. The van der Waals surface area contributed by atoms with Crippen molar-refractivity contribution in [1.82, 2.24) is 0 Å². The second-order valence-corrected chi connectivity index (χ2v) is 4.93. The number of nitrogens with two attached hydrogens (primary N) is 1. The SMILES string of the molecule is CCOc1ccc(C)cc1C(=O)c1cc(Cl)ccc1N. The number of anilines is 1. The molecule has 0 aliphatic heterocycles. The third kappa shape index (κ3) is 2.94. The van der Waals surface area contributed by atoms with Crippen LogP contribution in [0.3, 0.4) is 0 Å². The van der Waals surface area contributed by atoms with Crippen molar-refractivity contribution in [3.63, 3.8) is 0 Å². The summed E-state index contributed by atoms with van der Waals surface area (Å²) in [6.07, 6.45) is 0. The maximum absolute atomic E-state index is 12.6. The summed E-state index contributed by atoms with van der Waals surface area (Å²) in [4.78, 5) is 12.6.